The van der Waals surface area contributed by atoms with Crippen LogP contribution in [0, 0.1) is 6.92 Å². The van der Waals surface area contributed by atoms with E-state index < -0.39 is 23.2 Å². The molecule has 0 aromatic heterocycles. The molecule has 0 aliphatic heterocycles. The van der Waals surface area contributed by atoms with Crippen LogP contribution in [-0.2, 0) is 0 Å². The van der Waals surface area contributed by atoms with E-state index in [0.717, 1.165) is 23.3 Å². The highest BCUT2D eigenvalue weighted by Gasteiger charge is 2.12. The molecular formula is C15H14N2O4. The molecule has 2 aromatic carbocycles. The monoisotopic (exact) mass is 286 g/mol. The van der Waals surface area contributed by atoms with E-state index >= 15 is 0 Å². The first-order valence-corrected chi connectivity index (χ1v) is 6.13. The van der Waals surface area contributed by atoms with Gasteiger partial charge in [0.05, 0.1) is 6.21 Å². The zero-order valence-electron chi connectivity index (χ0n) is 11.2. The highest BCUT2D eigenvalue weighted by molar-refractivity contribution is 5.96. The molecule has 2 rings (SSSR count). The lowest BCUT2D eigenvalue weighted by Crippen LogP contribution is -2.17. The Morgan fingerprint density at radius 3 is 2.38 bits per heavy atom. The summed E-state index contributed by atoms with van der Waals surface area (Å²) < 4.78 is 0. The van der Waals surface area contributed by atoms with Crippen molar-refractivity contribution in [2.75, 3.05) is 0 Å². The molecule has 0 radical (unpaired) electrons. The summed E-state index contributed by atoms with van der Waals surface area (Å²) in [6.45, 7) is 1.92. The zero-order valence-corrected chi connectivity index (χ0v) is 11.2. The average Bonchev–Trinajstić information content (AvgIpc) is 2.46. The van der Waals surface area contributed by atoms with Crippen LogP contribution in [0.25, 0.3) is 0 Å². The number of carbonyl (C=O) groups excluding carboxylic acids is 1. The zero-order chi connectivity index (χ0) is 15.4. The van der Waals surface area contributed by atoms with E-state index in [4.69, 9.17) is 0 Å². The molecule has 21 heavy (non-hydrogen) atoms. The number of aryl methyl sites for hydroxylation is 1. The van der Waals surface area contributed by atoms with Crippen molar-refractivity contribution in [2.45, 2.75) is 6.92 Å². The van der Waals surface area contributed by atoms with Crippen LogP contribution < -0.4 is 5.43 Å². The lowest BCUT2D eigenvalue weighted by molar-refractivity contribution is 0.0954. The van der Waals surface area contributed by atoms with Crippen molar-refractivity contribution >= 4 is 12.1 Å². The lowest BCUT2D eigenvalue weighted by Gasteiger charge is -2.04. The SMILES string of the molecule is Cc1ccccc1/C=N/NC(=O)c1cc(O)c(O)c(O)c1. The van der Waals surface area contributed by atoms with Crippen molar-refractivity contribution in [3.8, 4) is 17.2 Å². The molecule has 0 fully saturated rings. The quantitative estimate of drug-likeness (QED) is 0.393. The third-order valence-electron chi connectivity index (χ3n) is 2.89. The normalized spacial score (nSPS) is 10.7. The summed E-state index contributed by atoms with van der Waals surface area (Å²) in [6, 6.07) is 9.59. The van der Waals surface area contributed by atoms with Crippen LogP contribution in [0.5, 0.6) is 17.2 Å². The molecular weight excluding hydrogens is 272 g/mol. The van der Waals surface area contributed by atoms with Gasteiger partial charge in [-0.1, -0.05) is 24.3 Å². The lowest BCUT2D eigenvalue weighted by atomic mass is 10.1. The number of hydrogen-bond donors (Lipinski definition) is 4. The van der Waals surface area contributed by atoms with Crippen LogP contribution in [-0.4, -0.2) is 27.4 Å². The molecule has 2 aromatic rings. The van der Waals surface area contributed by atoms with Gasteiger partial charge in [0.25, 0.3) is 5.91 Å². The van der Waals surface area contributed by atoms with Crippen LogP contribution in [0.4, 0.5) is 0 Å². The molecule has 0 aliphatic rings. The molecule has 0 aliphatic carbocycles. The maximum absolute atomic E-state index is 11.8. The molecule has 0 bridgehead atoms. The number of phenolic OH excluding ortho intramolecular Hbond substituents is 3. The van der Waals surface area contributed by atoms with Gasteiger partial charge in [0, 0.05) is 5.56 Å². The Morgan fingerprint density at radius 2 is 1.76 bits per heavy atom. The van der Waals surface area contributed by atoms with E-state index in [1.165, 1.54) is 6.21 Å². The standard InChI is InChI=1S/C15H14N2O4/c1-9-4-2-3-5-10(9)8-16-17-15(21)11-6-12(18)14(20)13(19)7-11/h2-8,18-20H,1H3,(H,17,21)/b16-8+. The molecule has 0 saturated heterocycles. The second kappa shape index (κ2) is 5.96. The predicted molar refractivity (Wildman–Crippen MR) is 77.7 cm³/mol. The Balaban J connectivity index is 2.11. The molecule has 6 heteroatoms. The van der Waals surface area contributed by atoms with E-state index in [1.54, 1.807) is 0 Å². The molecule has 4 N–H and O–H groups in total. The number of phenols is 3. The van der Waals surface area contributed by atoms with Gasteiger partial charge in [0.1, 0.15) is 0 Å². The van der Waals surface area contributed by atoms with Crippen LogP contribution in [0.1, 0.15) is 21.5 Å². The maximum Gasteiger partial charge on any atom is 0.271 e. The van der Waals surface area contributed by atoms with E-state index in [1.807, 2.05) is 31.2 Å². The molecule has 0 atom stereocenters. The molecule has 1 amide bonds. The van der Waals surface area contributed by atoms with Gasteiger partial charge < -0.3 is 15.3 Å². The molecule has 0 saturated carbocycles. The van der Waals surface area contributed by atoms with Gasteiger partial charge in [-0.2, -0.15) is 5.10 Å². The average molecular weight is 286 g/mol. The van der Waals surface area contributed by atoms with Crippen LogP contribution in [0.2, 0.25) is 0 Å². The minimum atomic E-state index is -0.671. The smallest absolute Gasteiger partial charge is 0.271 e. The number of amides is 1. The summed E-state index contributed by atoms with van der Waals surface area (Å²) in [4.78, 5) is 11.8. The number of hydrogen-bond acceptors (Lipinski definition) is 5. The molecule has 0 heterocycles. The summed E-state index contributed by atoms with van der Waals surface area (Å²) in [5.74, 6) is -2.45. The maximum atomic E-state index is 11.8. The number of hydrazone groups is 1. The first-order chi connectivity index (χ1) is 9.99. The van der Waals surface area contributed by atoms with E-state index in [-0.39, 0.29) is 5.56 Å². The predicted octanol–water partition coefficient (Wildman–Crippen LogP) is 1.88. The fraction of sp³-hybridized carbons (Fsp3) is 0.0667. The van der Waals surface area contributed by atoms with Crippen LogP contribution in [0.3, 0.4) is 0 Å². The molecule has 0 spiro atoms. The highest BCUT2D eigenvalue weighted by atomic mass is 16.3. The minimum Gasteiger partial charge on any atom is -0.504 e. The van der Waals surface area contributed by atoms with E-state index in [9.17, 15) is 20.1 Å². The Morgan fingerprint density at radius 1 is 1.14 bits per heavy atom. The fourth-order valence-electron chi connectivity index (χ4n) is 1.69. The number of aromatic hydroxyl groups is 3. The second-order valence-electron chi connectivity index (χ2n) is 4.42. The number of nitrogens with zero attached hydrogens (tertiary/aromatic N) is 1. The first-order valence-electron chi connectivity index (χ1n) is 6.13. The van der Waals surface area contributed by atoms with E-state index in [2.05, 4.69) is 10.5 Å². The first kappa shape index (κ1) is 14.4. The largest absolute Gasteiger partial charge is 0.504 e. The molecule has 0 unspecified atom stereocenters. The molecule has 6 nitrogen and oxygen atoms in total. The number of carbonyl (C=O) groups is 1. The van der Waals surface area contributed by atoms with Crippen LogP contribution in [0.15, 0.2) is 41.5 Å². The summed E-state index contributed by atoms with van der Waals surface area (Å²) in [5, 5.41) is 31.7. The van der Waals surface area contributed by atoms with Crippen LogP contribution >= 0.6 is 0 Å². The van der Waals surface area contributed by atoms with Crippen molar-refractivity contribution in [3.63, 3.8) is 0 Å². The van der Waals surface area contributed by atoms with Gasteiger partial charge in [-0.05, 0) is 30.2 Å². The highest BCUT2D eigenvalue weighted by Crippen LogP contribution is 2.35. The van der Waals surface area contributed by atoms with Gasteiger partial charge in [0.15, 0.2) is 17.2 Å². The Bertz CT molecular complexity index is 688. The summed E-state index contributed by atoms with van der Waals surface area (Å²) in [5.41, 5.74) is 4.12. The van der Waals surface area contributed by atoms with E-state index in [0.29, 0.717) is 0 Å². The topological polar surface area (TPSA) is 102 Å². The number of benzene rings is 2. The van der Waals surface area contributed by atoms with Gasteiger partial charge in [0.2, 0.25) is 0 Å². The second-order valence-corrected chi connectivity index (χ2v) is 4.42. The molecule has 108 valence electrons. The Kier molecular flexibility index (Phi) is 4.08. The summed E-state index contributed by atoms with van der Waals surface area (Å²) >= 11 is 0. The van der Waals surface area contributed by atoms with Crippen molar-refractivity contribution in [3.05, 3.63) is 53.1 Å². The van der Waals surface area contributed by atoms with Gasteiger partial charge >= 0.3 is 0 Å². The minimum absolute atomic E-state index is 0.0234. The van der Waals surface area contributed by atoms with Crippen molar-refractivity contribution in [1.29, 1.82) is 0 Å². The van der Waals surface area contributed by atoms with Crippen molar-refractivity contribution < 1.29 is 20.1 Å². The summed E-state index contributed by atoms with van der Waals surface area (Å²) in [7, 11) is 0. The number of rotatable bonds is 3. The van der Waals surface area contributed by atoms with Gasteiger partial charge in [-0.25, -0.2) is 5.43 Å². The third-order valence-corrected chi connectivity index (χ3v) is 2.89. The summed E-state index contributed by atoms with van der Waals surface area (Å²) in [6.07, 6.45) is 1.49. The van der Waals surface area contributed by atoms with Gasteiger partial charge in [-0.3, -0.25) is 4.79 Å². The van der Waals surface area contributed by atoms with Gasteiger partial charge in [-0.15, -0.1) is 0 Å². The third kappa shape index (κ3) is 3.30. The Hall–Kier alpha value is -3.02. The van der Waals surface area contributed by atoms with Crippen molar-refractivity contribution in [1.82, 2.24) is 5.43 Å². The number of nitrogens with one attached hydrogen (secondary N) is 1. The fourth-order valence-corrected chi connectivity index (χ4v) is 1.69. The van der Waals surface area contributed by atoms with Crippen molar-refractivity contribution in [2.24, 2.45) is 5.10 Å². The Labute approximate surface area is 121 Å².